The first-order valence-electron chi connectivity index (χ1n) is 6.30. The van der Waals surface area contributed by atoms with Gasteiger partial charge in [-0.3, -0.25) is 0 Å². The second-order valence-corrected chi connectivity index (χ2v) is 8.86. The number of rotatable bonds is 5. The molecule has 0 spiro atoms. The summed E-state index contributed by atoms with van der Waals surface area (Å²) < 4.78 is 6.61. The Morgan fingerprint density at radius 2 is 1.89 bits per heavy atom. The molecular formula is C14H18INOS2. The van der Waals surface area contributed by atoms with Crippen LogP contribution in [0.3, 0.4) is 0 Å². The van der Waals surface area contributed by atoms with Gasteiger partial charge in [0.15, 0.2) is 0 Å². The van der Waals surface area contributed by atoms with E-state index in [-0.39, 0.29) is 3.42 Å². The van der Waals surface area contributed by atoms with E-state index >= 15 is 0 Å². The highest BCUT2D eigenvalue weighted by Crippen LogP contribution is 2.37. The molecule has 2 nitrogen and oxygen atoms in total. The van der Waals surface area contributed by atoms with Crippen molar-refractivity contribution in [1.29, 1.82) is 0 Å². The molecule has 0 amide bonds. The number of hydrogen-bond donors (Lipinski definition) is 0. The third kappa shape index (κ3) is 4.12. The van der Waals surface area contributed by atoms with Crippen molar-refractivity contribution in [2.75, 3.05) is 25.2 Å². The zero-order valence-electron chi connectivity index (χ0n) is 11.2. The van der Waals surface area contributed by atoms with E-state index < -0.39 is 0 Å². The van der Waals surface area contributed by atoms with Crippen LogP contribution >= 0.6 is 46.1 Å². The summed E-state index contributed by atoms with van der Waals surface area (Å²) in [5.74, 6) is 2.37. The van der Waals surface area contributed by atoms with Crippen LogP contribution in [-0.4, -0.2) is 29.6 Å². The van der Waals surface area contributed by atoms with Crippen molar-refractivity contribution < 1.29 is 4.74 Å². The molecule has 0 aliphatic carbocycles. The third-order valence-electron chi connectivity index (χ3n) is 3.07. The first-order valence-corrected chi connectivity index (χ1v) is 9.35. The van der Waals surface area contributed by atoms with Crippen LogP contribution in [0.1, 0.15) is 18.9 Å². The number of aliphatic imine (C=N–C) groups is 1. The molecule has 2 rings (SSSR count). The first-order chi connectivity index (χ1) is 9.18. The zero-order valence-corrected chi connectivity index (χ0v) is 15.0. The van der Waals surface area contributed by atoms with Gasteiger partial charge in [-0.15, -0.1) is 0 Å². The van der Waals surface area contributed by atoms with Crippen molar-refractivity contribution in [1.82, 2.24) is 0 Å². The molecule has 5 heteroatoms. The van der Waals surface area contributed by atoms with E-state index in [2.05, 4.69) is 58.8 Å². The molecule has 0 radical (unpaired) electrons. The summed E-state index contributed by atoms with van der Waals surface area (Å²) in [4.78, 5) is 4.66. The smallest absolute Gasteiger partial charge is 0.130 e. The highest BCUT2D eigenvalue weighted by molar-refractivity contribution is 14.1. The molecule has 0 aromatic heterocycles. The third-order valence-corrected chi connectivity index (χ3v) is 7.23. The van der Waals surface area contributed by atoms with Gasteiger partial charge >= 0.3 is 0 Å². The van der Waals surface area contributed by atoms with Crippen molar-refractivity contribution >= 4 is 56.2 Å². The lowest BCUT2D eigenvalue weighted by molar-refractivity contribution is 0.171. The van der Waals surface area contributed by atoms with Crippen molar-refractivity contribution in [2.24, 2.45) is 4.99 Å². The molecule has 0 bridgehead atoms. The first kappa shape index (κ1) is 15.7. The van der Waals surface area contributed by atoms with Gasteiger partial charge < -0.3 is 4.74 Å². The Morgan fingerprint density at radius 1 is 1.26 bits per heavy atom. The lowest BCUT2D eigenvalue weighted by atomic mass is 9.97. The maximum Gasteiger partial charge on any atom is 0.130 e. The van der Waals surface area contributed by atoms with Gasteiger partial charge in [0.05, 0.1) is 15.7 Å². The predicted octanol–water partition coefficient (Wildman–Crippen LogP) is 4.84. The standard InChI is InChI=1S/C14H18INOS2/c1-3-14(15,10-17-2)11-4-6-12(7-5-11)16-13-18-8-9-19-13/h4-7H,3,8-10H2,1-2H3. The van der Waals surface area contributed by atoms with E-state index in [4.69, 9.17) is 4.74 Å². The largest absolute Gasteiger partial charge is 0.383 e. The van der Waals surface area contributed by atoms with Crippen LogP contribution in [0, 0.1) is 0 Å². The minimum Gasteiger partial charge on any atom is -0.383 e. The Kier molecular flexibility index (Phi) is 6.05. The van der Waals surface area contributed by atoms with Gasteiger partial charge in [0, 0.05) is 18.6 Å². The van der Waals surface area contributed by atoms with Crippen LogP contribution in [0.4, 0.5) is 5.69 Å². The number of methoxy groups -OCH3 is 1. The normalized spacial score (nSPS) is 18.4. The van der Waals surface area contributed by atoms with Crippen LogP contribution in [0.5, 0.6) is 0 Å². The molecule has 1 aromatic rings. The number of halogens is 1. The summed E-state index contributed by atoms with van der Waals surface area (Å²) in [6, 6.07) is 8.58. The summed E-state index contributed by atoms with van der Waals surface area (Å²) in [6.45, 7) is 2.94. The maximum atomic E-state index is 5.35. The van der Waals surface area contributed by atoms with Gasteiger partial charge in [-0.05, 0) is 24.1 Å². The van der Waals surface area contributed by atoms with Gasteiger partial charge in [-0.2, -0.15) is 0 Å². The fourth-order valence-electron chi connectivity index (χ4n) is 1.92. The number of ether oxygens (including phenoxy) is 1. The van der Waals surface area contributed by atoms with E-state index in [1.165, 1.54) is 21.4 Å². The number of hydrogen-bond acceptors (Lipinski definition) is 4. The Balaban J connectivity index is 2.15. The van der Waals surface area contributed by atoms with E-state index in [9.17, 15) is 0 Å². The number of alkyl halides is 1. The molecule has 1 saturated heterocycles. The molecule has 1 aliphatic rings. The highest BCUT2D eigenvalue weighted by Gasteiger charge is 2.26. The molecule has 1 unspecified atom stereocenters. The predicted molar refractivity (Wildman–Crippen MR) is 96.3 cm³/mol. The molecule has 1 atom stereocenters. The van der Waals surface area contributed by atoms with Crippen molar-refractivity contribution in [3.8, 4) is 0 Å². The lowest BCUT2D eigenvalue weighted by Gasteiger charge is -2.25. The van der Waals surface area contributed by atoms with Crippen LogP contribution in [0.25, 0.3) is 0 Å². The number of benzene rings is 1. The van der Waals surface area contributed by atoms with Crippen molar-refractivity contribution in [3.05, 3.63) is 29.8 Å². The van der Waals surface area contributed by atoms with E-state index in [1.54, 1.807) is 7.11 Å². The fraction of sp³-hybridized carbons (Fsp3) is 0.500. The van der Waals surface area contributed by atoms with Crippen molar-refractivity contribution in [3.63, 3.8) is 0 Å². The molecule has 1 fully saturated rings. The minimum atomic E-state index is 0.0645. The lowest BCUT2D eigenvalue weighted by Crippen LogP contribution is -2.22. The summed E-state index contributed by atoms with van der Waals surface area (Å²) in [5.41, 5.74) is 2.36. The van der Waals surface area contributed by atoms with Crippen molar-refractivity contribution in [2.45, 2.75) is 16.8 Å². The number of nitrogens with zero attached hydrogens (tertiary/aromatic N) is 1. The Labute approximate surface area is 137 Å². The summed E-state index contributed by atoms with van der Waals surface area (Å²) >= 11 is 6.20. The van der Waals surface area contributed by atoms with Crippen LogP contribution in [0.15, 0.2) is 29.3 Å². The average Bonchev–Trinajstić information content (AvgIpc) is 2.92. The van der Waals surface area contributed by atoms with Gasteiger partial charge in [0.25, 0.3) is 0 Å². The second-order valence-electron chi connectivity index (χ2n) is 4.37. The van der Waals surface area contributed by atoms with Gasteiger partial charge in [0.2, 0.25) is 0 Å². The van der Waals surface area contributed by atoms with Crippen LogP contribution in [-0.2, 0) is 8.16 Å². The number of thioether (sulfide) groups is 2. The minimum absolute atomic E-state index is 0.0645. The molecule has 104 valence electrons. The van der Waals surface area contributed by atoms with Crippen LogP contribution < -0.4 is 0 Å². The molecule has 0 saturated carbocycles. The Bertz CT molecular complexity index is 441. The Morgan fingerprint density at radius 3 is 2.42 bits per heavy atom. The monoisotopic (exact) mass is 407 g/mol. The Hall–Kier alpha value is 0.280. The molecule has 1 aliphatic heterocycles. The molecule has 0 N–H and O–H groups in total. The van der Waals surface area contributed by atoms with Crippen LogP contribution in [0.2, 0.25) is 0 Å². The van der Waals surface area contributed by atoms with Gasteiger partial charge in [0.1, 0.15) is 4.38 Å². The SMILES string of the molecule is CCC(I)(COC)c1ccc(N=C2SCCS2)cc1. The highest BCUT2D eigenvalue weighted by atomic mass is 127. The molecular weight excluding hydrogens is 389 g/mol. The maximum absolute atomic E-state index is 5.35. The van der Waals surface area contributed by atoms with Gasteiger partial charge in [-0.25, -0.2) is 4.99 Å². The van der Waals surface area contributed by atoms with E-state index in [1.807, 2.05) is 23.5 Å². The summed E-state index contributed by atoms with van der Waals surface area (Å²) in [5, 5.41) is 0. The fourth-order valence-corrected chi connectivity index (χ4v) is 4.78. The van der Waals surface area contributed by atoms with E-state index in [0.717, 1.165) is 18.7 Å². The average molecular weight is 407 g/mol. The topological polar surface area (TPSA) is 21.6 Å². The van der Waals surface area contributed by atoms with E-state index in [0.29, 0.717) is 0 Å². The summed E-state index contributed by atoms with van der Waals surface area (Å²) in [7, 11) is 1.76. The second kappa shape index (κ2) is 7.33. The summed E-state index contributed by atoms with van der Waals surface area (Å²) in [6.07, 6.45) is 1.06. The molecule has 1 aromatic carbocycles. The van der Waals surface area contributed by atoms with Gasteiger partial charge in [-0.1, -0.05) is 65.2 Å². The molecule has 1 heterocycles. The quantitative estimate of drug-likeness (QED) is 0.515. The molecule has 19 heavy (non-hydrogen) atoms. The zero-order chi connectivity index (χ0) is 13.7.